The van der Waals surface area contributed by atoms with Crippen LogP contribution < -0.4 is 0 Å². The van der Waals surface area contributed by atoms with E-state index in [0.717, 1.165) is 18.4 Å². The zero-order chi connectivity index (χ0) is 14.8. The molecule has 0 aliphatic carbocycles. The van der Waals surface area contributed by atoms with Crippen molar-refractivity contribution in [2.45, 2.75) is 32.0 Å². The maximum Gasteiger partial charge on any atom is 0.335 e. The van der Waals surface area contributed by atoms with E-state index in [1.54, 1.807) is 0 Å². The van der Waals surface area contributed by atoms with Crippen LogP contribution >= 0.6 is 0 Å². The Bertz CT molecular complexity index is 650. The van der Waals surface area contributed by atoms with Gasteiger partial charge in [0.05, 0.1) is 13.2 Å². The number of hydrogen-bond donors (Lipinski definition) is 0. The summed E-state index contributed by atoms with van der Waals surface area (Å²) in [5.41, 5.74) is 1.13. The van der Waals surface area contributed by atoms with Gasteiger partial charge in [0.1, 0.15) is 0 Å². The van der Waals surface area contributed by atoms with Crippen LogP contribution in [0.2, 0.25) is 0 Å². The van der Waals surface area contributed by atoms with Crippen molar-refractivity contribution in [3.05, 3.63) is 48.0 Å². The maximum absolute atomic E-state index is 11.7. The fourth-order valence-corrected chi connectivity index (χ4v) is 3.04. The summed E-state index contributed by atoms with van der Waals surface area (Å²) in [6.07, 6.45) is 1.21. The lowest BCUT2D eigenvalue weighted by molar-refractivity contribution is -0.167. The first-order chi connectivity index (χ1) is 10.2. The van der Waals surface area contributed by atoms with Gasteiger partial charge in [-0.15, -0.1) is 0 Å². The Balaban J connectivity index is 1.90. The highest BCUT2D eigenvalue weighted by atomic mass is 16.6. The van der Waals surface area contributed by atoms with E-state index in [1.165, 1.54) is 17.9 Å². The molecule has 0 spiro atoms. The number of carbonyl (C=O) groups excluding carboxylic acids is 1. The summed E-state index contributed by atoms with van der Waals surface area (Å²) in [6, 6.07) is 14.6. The number of fused-ring (bicyclic) bond motifs is 1. The third kappa shape index (κ3) is 2.79. The lowest BCUT2D eigenvalue weighted by Crippen LogP contribution is -2.34. The Kier molecular flexibility index (Phi) is 3.93. The predicted molar refractivity (Wildman–Crippen MR) is 82.0 cm³/mol. The van der Waals surface area contributed by atoms with E-state index in [0.29, 0.717) is 5.92 Å². The van der Waals surface area contributed by atoms with Crippen molar-refractivity contribution in [1.82, 2.24) is 0 Å². The highest BCUT2D eigenvalue weighted by Crippen LogP contribution is 2.37. The molecule has 1 saturated heterocycles. The smallest absolute Gasteiger partial charge is 0.335 e. The van der Waals surface area contributed by atoms with Crippen molar-refractivity contribution < 1.29 is 14.3 Å². The highest BCUT2D eigenvalue weighted by Gasteiger charge is 2.33. The molecule has 1 aliphatic rings. The van der Waals surface area contributed by atoms with Crippen LogP contribution in [-0.2, 0) is 14.3 Å². The van der Waals surface area contributed by atoms with Crippen molar-refractivity contribution in [3.8, 4) is 0 Å². The first-order valence-corrected chi connectivity index (χ1v) is 7.41. The molecule has 3 nitrogen and oxygen atoms in total. The van der Waals surface area contributed by atoms with Gasteiger partial charge in [0.15, 0.2) is 6.10 Å². The van der Waals surface area contributed by atoms with Crippen LogP contribution in [0.25, 0.3) is 10.8 Å². The third-order valence-electron chi connectivity index (χ3n) is 4.28. The number of esters is 1. The third-order valence-corrected chi connectivity index (χ3v) is 4.28. The lowest BCUT2D eigenvalue weighted by Gasteiger charge is -2.34. The van der Waals surface area contributed by atoms with Gasteiger partial charge >= 0.3 is 5.97 Å². The fourth-order valence-electron chi connectivity index (χ4n) is 3.04. The molecule has 1 fully saturated rings. The van der Waals surface area contributed by atoms with Crippen molar-refractivity contribution in [2.75, 3.05) is 7.11 Å². The minimum absolute atomic E-state index is 0.0487. The lowest BCUT2D eigenvalue weighted by atomic mass is 9.88. The molecular formula is C18H20O3. The molecule has 110 valence electrons. The van der Waals surface area contributed by atoms with E-state index >= 15 is 0 Å². The Morgan fingerprint density at radius 3 is 2.67 bits per heavy atom. The molecule has 0 aromatic heterocycles. The summed E-state index contributed by atoms with van der Waals surface area (Å²) in [5, 5.41) is 2.42. The van der Waals surface area contributed by atoms with E-state index in [4.69, 9.17) is 9.47 Å². The van der Waals surface area contributed by atoms with Gasteiger partial charge in [-0.1, -0.05) is 43.3 Å². The summed E-state index contributed by atoms with van der Waals surface area (Å²) < 4.78 is 10.8. The number of methoxy groups -OCH3 is 1. The topological polar surface area (TPSA) is 35.5 Å². The van der Waals surface area contributed by atoms with Gasteiger partial charge in [0, 0.05) is 0 Å². The van der Waals surface area contributed by atoms with Crippen LogP contribution in [0.15, 0.2) is 42.5 Å². The van der Waals surface area contributed by atoms with Crippen LogP contribution in [0.1, 0.15) is 31.4 Å². The van der Waals surface area contributed by atoms with Gasteiger partial charge in [-0.3, -0.25) is 0 Å². The Hall–Kier alpha value is -1.87. The van der Waals surface area contributed by atoms with E-state index in [1.807, 2.05) is 12.1 Å². The molecule has 0 unspecified atom stereocenters. The quantitative estimate of drug-likeness (QED) is 0.785. The fraction of sp³-hybridized carbons (Fsp3) is 0.389. The van der Waals surface area contributed by atoms with Gasteiger partial charge in [-0.2, -0.15) is 0 Å². The molecule has 3 heteroatoms. The molecule has 3 rings (SSSR count). The largest absolute Gasteiger partial charge is 0.467 e. The number of hydrogen-bond acceptors (Lipinski definition) is 3. The average molecular weight is 284 g/mol. The molecular weight excluding hydrogens is 264 g/mol. The van der Waals surface area contributed by atoms with Crippen molar-refractivity contribution in [2.24, 2.45) is 5.92 Å². The van der Waals surface area contributed by atoms with E-state index in [9.17, 15) is 4.79 Å². The molecule has 3 atom stereocenters. The molecule has 0 N–H and O–H groups in total. The monoisotopic (exact) mass is 284 g/mol. The zero-order valence-electron chi connectivity index (χ0n) is 12.4. The summed E-state index contributed by atoms with van der Waals surface area (Å²) >= 11 is 0. The first-order valence-electron chi connectivity index (χ1n) is 7.41. The Labute approximate surface area is 124 Å². The molecule has 1 aliphatic heterocycles. The summed E-state index contributed by atoms with van der Waals surface area (Å²) in [4.78, 5) is 11.7. The second-order valence-corrected chi connectivity index (χ2v) is 5.73. The van der Waals surface area contributed by atoms with Crippen LogP contribution in [0.3, 0.4) is 0 Å². The van der Waals surface area contributed by atoms with Crippen molar-refractivity contribution in [3.63, 3.8) is 0 Å². The normalized spacial score (nSPS) is 25.7. The van der Waals surface area contributed by atoms with Gasteiger partial charge in [0.25, 0.3) is 0 Å². The van der Waals surface area contributed by atoms with Crippen LogP contribution in [0, 0.1) is 5.92 Å². The first kappa shape index (κ1) is 14.1. The van der Waals surface area contributed by atoms with E-state index < -0.39 is 6.10 Å². The molecule has 2 aromatic carbocycles. The number of rotatable bonds is 2. The summed E-state index contributed by atoms with van der Waals surface area (Å²) in [7, 11) is 1.41. The molecule has 2 aromatic rings. The van der Waals surface area contributed by atoms with E-state index in [-0.39, 0.29) is 12.1 Å². The standard InChI is InChI=1S/C18H20O3/c1-12-7-10-16(18(19)20-2)21-17(12)15-9-8-13-5-3-4-6-14(13)11-15/h3-6,8-9,11-12,16-17H,7,10H2,1-2H3/t12-,16-,17-/m0/s1. The van der Waals surface area contributed by atoms with Crippen molar-refractivity contribution >= 4 is 16.7 Å². The zero-order valence-corrected chi connectivity index (χ0v) is 12.4. The second-order valence-electron chi connectivity index (χ2n) is 5.73. The molecule has 0 amide bonds. The van der Waals surface area contributed by atoms with Gasteiger partial charge < -0.3 is 9.47 Å². The van der Waals surface area contributed by atoms with Crippen molar-refractivity contribution in [1.29, 1.82) is 0 Å². The molecule has 21 heavy (non-hydrogen) atoms. The number of benzene rings is 2. The van der Waals surface area contributed by atoms with Gasteiger partial charge in [0.2, 0.25) is 0 Å². The van der Waals surface area contributed by atoms with Gasteiger partial charge in [-0.25, -0.2) is 4.79 Å². The number of carbonyl (C=O) groups is 1. The highest BCUT2D eigenvalue weighted by molar-refractivity contribution is 5.83. The predicted octanol–water partition coefficient (Wildman–Crippen LogP) is 3.87. The summed E-state index contributed by atoms with van der Waals surface area (Å²) in [6.45, 7) is 2.17. The minimum atomic E-state index is -0.442. The SMILES string of the molecule is COC(=O)[C@@H]1CC[C@H](C)[C@@H](c2ccc3ccccc3c2)O1. The van der Waals surface area contributed by atoms with Gasteiger partial charge in [-0.05, 0) is 41.2 Å². The van der Waals surface area contributed by atoms with Crippen LogP contribution in [-0.4, -0.2) is 19.2 Å². The second kappa shape index (κ2) is 5.86. The Morgan fingerprint density at radius 2 is 1.90 bits per heavy atom. The van der Waals surface area contributed by atoms with Crippen LogP contribution in [0.4, 0.5) is 0 Å². The average Bonchev–Trinajstić information content (AvgIpc) is 2.54. The molecule has 1 heterocycles. The van der Waals surface area contributed by atoms with E-state index in [2.05, 4.69) is 37.3 Å². The number of ether oxygens (including phenoxy) is 2. The molecule has 0 saturated carbocycles. The van der Waals surface area contributed by atoms with Crippen LogP contribution in [0.5, 0.6) is 0 Å². The Morgan fingerprint density at radius 1 is 1.14 bits per heavy atom. The molecule has 0 bridgehead atoms. The summed E-state index contributed by atoms with van der Waals surface area (Å²) in [5.74, 6) is 0.125. The maximum atomic E-state index is 11.7. The molecule has 0 radical (unpaired) electrons. The minimum Gasteiger partial charge on any atom is -0.467 e.